The van der Waals surface area contributed by atoms with E-state index < -0.39 is 0 Å². The van der Waals surface area contributed by atoms with E-state index in [9.17, 15) is 0 Å². The molecule has 0 amide bonds. The van der Waals surface area contributed by atoms with E-state index in [1.165, 1.54) is 16.7 Å². The molecule has 0 N–H and O–H groups in total. The maximum atomic E-state index is 9.08. The molecular formula is C22H17N3S2. The molecule has 0 aliphatic rings. The molecule has 0 aliphatic carbocycles. The fourth-order valence-corrected chi connectivity index (χ4v) is 4.91. The smallest absolute Gasteiger partial charge is 0.128 e. The summed E-state index contributed by atoms with van der Waals surface area (Å²) in [5.41, 5.74) is 5.53. The molecule has 0 fully saturated rings. The normalized spacial score (nSPS) is 10.8. The summed E-state index contributed by atoms with van der Waals surface area (Å²) in [6.07, 6.45) is 2.67. The highest BCUT2D eigenvalue weighted by Gasteiger charge is 2.13. The van der Waals surface area contributed by atoms with E-state index in [0.29, 0.717) is 5.56 Å². The van der Waals surface area contributed by atoms with Gasteiger partial charge in [0.2, 0.25) is 0 Å². The largest absolute Gasteiger partial charge is 0.229 e. The molecule has 2 aromatic heterocycles. The summed E-state index contributed by atoms with van der Waals surface area (Å²) >= 11 is 3.34. The summed E-state index contributed by atoms with van der Waals surface area (Å²) in [7, 11) is 0. The number of fused-ring (bicyclic) bond motifs is 1. The first-order chi connectivity index (χ1) is 13.3. The van der Waals surface area contributed by atoms with Crippen molar-refractivity contribution >= 4 is 33.3 Å². The van der Waals surface area contributed by atoms with E-state index in [2.05, 4.69) is 52.6 Å². The number of nitrogens with zero attached hydrogens (tertiary/aromatic N) is 3. The van der Waals surface area contributed by atoms with Crippen LogP contribution in [0.5, 0.6) is 0 Å². The van der Waals surface area contributed by atoms with Gasteiger partial charge in [0.1, 0.15) is 16.2 Å². The first-order valence-electron chi connectivity index (χ1n) is 8.72. The van der Waals surface area contributed by atoms with Crippen molar-refractivity contribution in [1.82, 2.24) is 9.97 Å². The van der Waals surface area contributed by atoms with Crippen LogP contribution in [0.1, 0.15) is 23.6 Å². The van der Waals surface area contributed by atoms with Crippen LogP contribution in [0, 0.1) is 11.3 Å². The van der Waals surface area contributed by atoms with E-state index in [4.69, 9.17) is 5.26 Å². The van der Waals surface area contributed by atoms with Crippen molar-refractivity contribution in [2.45, 2.75) is 24.1 Å². The second-order valence-electron chi connectivity index (χ2n) is 6.16. The second kappa shape index (κ2) is 7.91. The summed E-state index contributed by atoms with van der Waals surface area (Å²) in [5.74, 6) is 0.770. The van der Waals surface area contributed by atoms with Crippen LogP contribution in [-0.2, 0) is 12.2 Å². The molecule has 0 unspecified atom stereocenters. The third-order valence-corrected chi connectivity index (χ3v) is 6.39. The number of aromatic nitrogens is 2. The lowest BCUT2D eigenvalue weighted by atomic mass is 10.0. The lowest BCUT2D eigenvalue weighted by Gasteiger charge is -2.06. The van der Waals surface area contributed by atoms with Crippen LogP contribution in [0.15, 0.2) is 65.3 Å². The molecule has 0 radical (unpaired) electrons. The Morgan fingerprint density at radius 2 is 1.93 bits per heavy atom. The predicted molar refractivity (Wildman–Crippen MR) is 113 cm³/mol. The number of nitriles is 1. The van der Waals surface area contributed by atoms with Crippen LogP contribution in [0.25, 0.3) is 21.3 Å². The summed E-state index contributed by atoms with van der Waals surface area (Å²) in [4.78, 5) is 10.0. The van der Waals surface area contributed by atoms with E-state index in [1.54, 1.807) is 29.4 Å². The minimum atomic E-state index is 0.688. The fourth-order valence-electron chi connectivity index (χ4n) is 2.97. The van der Waals surface area contributed by atoms with Gasteiger partial charge >= 0.3 is 0 Å². The van der Waals surface area contributed by atoms with Crippen LogP contribution in [0.2, 0.25) is 0 Å². The van der Waals surface area contributed by atoms with Crippen molar-refractivity contribution in [3.8, 4) is 17.2 Å². The number of hydrogen-bond donors (Lipinski definition) is 0. The number of thioether (sulfide) groups is 1. The Bertz CT molecular complexity index is 1120. The quantitative estimate of drug-likeness (QED) is 0.307. The third-order valence-electron chi connectivity index (χ3n) is 4.44. The Hall–Kier alpha value is -2.68. The molecular weight excluding hydrogens is 370 g/mol. The zero-order chi connectivity index (χ0) is 18.6. The number of hydrogen-bond acceptors (Lipinski definition) is 5. The van der Waals surface area contributed by atoms with Gasteiger partial charge in [0.05, 0.1) is 17.0 Å². The van der Waals surface area contributed by atoms with Gasteiger partial charge in [-0.05, 0) is 35.2 Å². The van der Waals surface area contributed by atoms with Crippen LogP contribution >= 0.6 is 23.1 Å². The van der Waals surface area contributed by atoms with Crippen LogP contribution < -0.4 is 0 Å². The number of benzene rings is 2. The monoisotopic (exact) mass is 387 g/mol. The molecule has 4 rings (SSSR count). The van der Waals surface area contributed by atoms with E-state index in [0.717, 1.165) is 33.0 Å². The van der Waals surface area contributed by atoms with Gasteiger partial charge in [0.15, 0.2) is 0 Å². The molecule has 4 aromatic rings. The van der Waals surface area contributed by atoms with Gasteiger partial charge in [0.25, 0.3) is 0 Å². The summed E-state index contributed by atoms with van der Waals surface area (Å²) in [6.45, 7) is 2.17. The Balaban J connectivity index is 1.68. The first-order valence-corrected chi connectivity index (χ1v) is 10.6. The Labute approximate surface area is 166 Å². The summed E-state index contributed by atoms with van der Waals surface area (Å²) < 4.78 is 0. The lowest BCUT2D eigenvalue weighted by Crippen LogP contribution is -1.88. The van der Waals surface area contributed by atoms with Crippen LogP contribution in [0.3, 0.4) is 0 Å². The molecule has 27 heavy (non-hydrogen) atoms. The molecule has 0 saturated heterocycles. The van der Waals surface area contributed by atoms with Gasteiger partial charge in [-0.1, -0.05) is 43.3 Å². The molecule has 0 bridgehead atoms. The number of thiophene rings is 1. The van der Waals surface area contributed by atoms with E-state index >= 15 is 0 Å². The Morgan fingerprint density at radius 1 is 1.07 bits per heavy atom. The number of rotatable bonds is 5. The van der Waals surface area contributed by atoms with Gasteiger partial charge in [-0.25, -0.2) is 9.97 Å². The average molecular weight is 388 g/mol. The minimum absolute atomic E-state index is 0.688. The van der Waals surface area contributed by atoms with Gasteiger partial charge in [-0.2, -0.15) is 5.26 Å². The van der Waals surface area contributed by atoms with E-state index in [1.807, 2.05) is 24.3 Å². The Kier molecular flexibility index (Phi) is 5.19. The van der Waals surface area contributed by atoms with Gasteiger partial charge < -0.3 is 0 Å². The molecule has 0 spiro atoms. The molecule has 2 heterocycles. The molecule has 0 aliphatic heterocycles. The zero-order valence-corrected chi connectivity index (χ0v) is 16.5. The van der Waals surface area contributed by atoms with Crippen molar-refractivity contribution in [3.05, 3.63) is 76.9 Å². The second-order valence-corrected chi connectivity index (χ2v) is 7.98. The highest BCUT2D eigenvalue weighted by molar-refractivity contribution is 7.98. The summed E-state index contributed by atoms with van der Waals surface area (Å²) in [6, 6.07) is 18.7. The molecule has 3 nitrogen and oxygen atoms in total. The lowest BCUT2D eigenvalue weighted by molar-refractivity contribution is 1.11. The van der Waals surface area contributed by atoms with E-state index in [-0.39, 0.29) is 0 Å². The third kappa shape index (κ3) is 3.73. The van der Waals surface area contributed by atoms with Crippen molar-refractivity contribution in [2.75, 3.05) is 0 Å². The molecule has 0 saturated carbocycles. The average Bonchev–Trinajstić information content (AvgIpc) is 3.17. The predicted octanol–water partition coefficient (Wildman–Crippen LogP) is 6.08. The maximum Gasteiger partial charge on any atom is 0.128 e. The van der Waals surface area contributed by atoms with Crippen molar-refractivity contribution in [1.29, 1.82) is 5.26 Å². The zero-order valence-electron chi connectivity index (χ0n) is 14.8. The molecule has 5 heteroatoms. The minimum Gasteiger partial charge on any atom is -0.229 e. The fraction of sp³-hybridized carbons (Fsp3) is 0.136. The first kappa shape index (κ1) is 17.7. The van der Waals surface area contributed by atoms with Crippen LogP contribution in [-0.4, -0.2) is 9.97 Å². The van der Waals surface area contributed by atoms with Crippen molar-refractivity contribution < 1.29 is 0 Å². The molecule has 0 atom stereocenters. The van der Waals surface area contributed by atoms with Crippen molar-refractivity contribution in [3.63, 3.8) is 0 Å². The summed E-state index contributed by atoms with van der Waals surface area (Å²) in [5, 5.41) is 13.4. The highest BCUT2D eigenvalue weighted by Crippen LogP contribution is 2.38. The standard InChI is InChI=1S/C22H17N3S2/c1-2-15-6-8-18(9-7-15)19-13-27-22-20(19)21(24-14-25-22)26-12-17-5-3-4-16(10-17)11-23/h3-10,13-14H,2,12H2,1H3. The van der Waals surface area contributed by atoms with Gasteiger partial charge in [0, 0.05) is 16.7 Å². The van der Waals surface area contributed by atoms with Crippen molar-refractivity contribution in [2.24, 2.45) is 0 Å². The topological polar surface area (TPSA) is 49.6 Å². The van der Waals surface area contributed by atoms with Crippen LogP contribution in [0.4, 0.5) is 0 Å². The van der Waals surface area contributed by atoms with Gasteiger partial charge in [-0.3, -0.25) is 0 Å². The Morgan fingerprint density at radius 3 is 2.70 bits per heavy atom. The molecule has 2 aromatic carbocycles. The molecule has 132 valence electrons. The number of aryl methyl sites for hydroxylation is 1. The SMILES string of the molecule is CCc1ccc(-c2csc3ncnc(SCc4cccc(C#N)c4)c23)cc1. The highest BCUT2D eigenvalue weighted by atomic mass is 32.2. The van der Waals surface area contributed by atoms with Gasteiger partial charge in [-0.15, -0.1) is 23.1 Å². The maximum absolute atomic E-state index is 9.08.